The molecule has 27 heavy (non-hydrogen) atoms. The smallest absolute Gasteiger partial charge is 0.222 e. The summed E-state index contributed by atoms with van der Waals surface area (Å²) in [6.07, 6.45) is 1.53. The summed E-state index contributed by atoms with van der Waals surface area (Å²) in [6, 6.07) is 9.18. The van der Waals surface area contributed by atoms with E-state index in [0.717, 1.165) is 32.0 Å². The van der Waals surface area contributed by atoms with E-state index in [4.69, 9.17) is 0 Å². The third-order valence-corrected chi connectivity index (χ3v) is 4.96. The average molecular weight is 487 g/mol. The molecule has 0 spiro atoms. The van der Waals surface area contributed by atoms with E-state index < -0.39 is 0 Å². The first kappa shape index (κ1) is 23.7. The standard InChI is InChI=1S/C20H33N5O.HI/c1-6-19(26)25-12-11-17(14-25)23-20(21-3)22-13-18(24(4)5)16-9-7-15(2)8-10-16;/h7-10,17-18H,6,11-14H2,1-5H3,(H2,21,22,23);1H. The molecule has 6 nitrogen and oxygen atoms in total. The zero-order chi connectivity index (χ0) is 19.1. The van der Waals surface area contributed by atoms with Crippen molar-refractivity contribution >= 4 is 35.8 Å². The van der Waals surface area contributed by atoms with Crippen molar-refractivity contribution in [3.05, 3.63) is 35.4 Å². The summed E-state index contributed by atoms with van der Waals surface area (Å²) < 4.78 is 0. The number of carbonyl (C=O) groups is 1. The molecule has 1 aliphatic heterocycles. The zero-order valence-corrected chi connectivity index (χ0v) is 19.5. The number of hydrogen-bond donors (Lipinski definition) is 2. The van der Waals surface area contributed by atoms with Gasteiger partial charge in [0.15, 0.2) is 5.96 Å². The molecule has 1 aromatic carbocycles. The molecule has 1 aliphatic rings. The highest BCUT2D eigenvalue weighted by Crippen LogP contribution is 2.18. The normalized spacial score (nSPS) is 18.2. The number of carbonyl (C=O) groups excluding carboxylic acids is 1. The molecular formula is C20H34IN5O. The van der Waals surface area contributed by atoms with Crippen LogP contribution in [-0.4, -0.2) is 68.5 Å². The second kappa shape index (κ2) is 11.5. The number of rotatable bonds is 6. The van der Waals surface area contributed by atoms with Gasteiger partial charge in [0.25, 0.3) is 0 Å². The number of likely N-dealkylation sites (N-methyl/N-ethyl adjacent to an activating group) is 1. The summed E-state index contributed by atoms with van der Waals surface area (Å²) in [4.78, 5) is 20.3. The lowest BCUT2D eigenvalue weighted by molar-refractivity contribution is -0.129. The highest BCUT2D eigenvalue weighted by molar-refractivity contribution is 14.0. The van der Waals surface area contributed by atoms with Crippen LogP contribution in [0.2, 0.25) is 0 Å². The predicted molar refractivity (Wildman–Crippen MR) is 123 cm³/mol. The van der Waals surface area contributed by atoms with Crippen LogP contribution in [0.4, 0.5) is 0 Å². The minimum Gasteiger partial charge on any atom is -0.354 e. The summed E-state index contributed by atoms with van der Waals surface area (Å²) in [7, 11) is 5.97. The topological polar surface area (TPSA) is 60.0 Å². The van der Waals surface area contributed by atoms with Gasteiger partial charge in [0.05, 0.1) is 6.04 Å². The quantitative estimate of drug-likeness (QED) is 0.368. The number of aryl methyl sites for hydroxylation is 1. The summed E-state index contributed by atoms with van der Waals surface area (Å²) in [5, 5.41) is 6.90. The highest BCUT2D eigenvalue weighted by Gasteiger charge is 2.26. The van der Waals surface area contributed by atoms with Crippen molar-refractivity contribution in [2.24, 2.45) is 4.99 Å². The van der Waals surface area contributed by atoms with Crippen molar-refractivity contribution in [1.82, 2.24) is 20.4 Å². The summed E-state index contributed by atoms with van der Waals surface area (Å²) >= 11 is 0. The molecule has 1 fully saturated rings. The lowest BCUT2D eigenvalue weighted by Gasteiger charge is -2.27. The number of halogens is 1. The predicted octanol–water partition coefficient (Wildman–Crippen LogP) is 2.39. The molecule has 152 valence electrons. The van der Waals surface area contributed by atoms with Crippen molar-refractivity contribution < 1.29 is 4.79 Å². The van der Waals surface area contributed by atoms with Gasteiger partial charge < -0.3 is 20.4 Å². The van der Waals surface area contributed by atoms with E-state index in [1.54, 1.807) is 7.05 Å². The number of nitrogens with zero attached hydrogens (tertiary/aromatic N) is 3. The molecule has 2 unspecified atom stereocenters. The summed E-state index contributed by atoms with van der Waals surface area (Å²) in [6.45, 7) is 6.36. The molecule has 1 saturated heterocycles. The fraction of sp³-hybridized carbons (Fsp3) is 0.600. The van der Waals surface area contributed by atoms with Crippen LogP contribution in [0, 0.1) is 6.92 Å². The van der Waals surface area contributed by atoms with Crippen LogP contribution in [0.3, 0.4) is 0 Å². The second-order valence-electron chi connectivity index (χ2n) is 7.17. The molecule has 7 heteroatoms. The van der Waals surface area contributed by atoms with E-state index in [2.05, 4.69) is 65.8 Å². The maximum Gasteiger partial charge on any atom is 0.222 e. The Balaban J connectivity index is 0.00000364. The van der Waals surface area contributed by atoms with Gasteiger partial charge in [0.2, 0.25) is 5.91 Å². The third kappa shape index (κ3) is 6.95. The summed E-state index contributed by atoms with van der Waals surface area (Å²) in [5.74, 6) is 1.02. The molecule has 2 atom stereocenters. The van der Waals surface area contributed by atoms with Gasteiger partial charge in [0.1, 0.15) is 0 Å². The Bertz CT molecular complexity index is 617. The van der Waals surface area contributed by atoms with Gasteiger partial charge in [-0.2, -0.15) is 0 Å². The molecule has 2 rings (SSSR count). The van der Waals surface area contributed by atoms with Gasteiger partial charge in [-0.3, -0.25) is 9.79 Å². The van der Waals surface area contributed by atoms with Crippen molar-refractivity contribution in [3.63, 3.8) is 0 Å². The maximum absolute atomic E-state index is 11.8. The van der Waals surface area contributed by atoms with Crippen LogP contribution < -0.4 is 10.6 Å². The van der Waals surface area contributed by atoms with Crippen LogP contribution in [0.25, 0.3) is 0 Å². The van der Waals surface area contributed by atoms with E-state index in [9.17, 15) is 4.79 Å². The monoisotopic (exact) mass is 487 g/mol. The average Bonchev–Trinajstić information content (AvgIpc) is 3.10. The van der Waals surface area contributed by atoms with Crippen LogP contribution in [0.1, 0.15) is 36.9 Å². The second-order valence-corrected chi connectivity index (χ2v) is 7.17. The molecule has 0 bridgehead atoms. The number of nitrogens with one attached hydrogen (secondary N) is 2. The van der Waals surface area contributed by atoms with Crippen LogP contribution in [0.15, 0.2) is 29.3 Å². The number of amides is 1. The van der Waals surface area contributed by atoms with Crippen molar-refractivity contribution in [3.8, 4) is 0 Å². The lowest BCUT2D eigenvalue weighted by Crippen LogP contribution is -2.47. The molecule has 0 aromatic heterocycles. The Morgan fingerprint density at radius 2 is 2.00 bits per heavy atom. The molecule has 1 aromatic rings. The number of hydrogen-bond acceptors (Lipinski definition) is 3. The lowest BCUT2D eigenvalue weighted by atomic mass is 10.0. The van der Waals surface area contributed by atoms with E-state index in [-0.39, 0.29) is 42.0 Å². The molecule has 0 aliphatic carbocycles. The van der Waals surface area contributed by atoms with Gasteiger partial charge in [-0.25, -0.2) is 0 Å². The van der Waals surface area contributed by atoms with Gasteiger partial charge in [0, 0.05) is 39.1 Å². The van der Waals surface area contributed by atoms with E-state index in [1.165, 1.54) is 11.1 Å². The van der Waals surface area contributed by atoms with Crippen LogP contribution in [0.5, 0.6) is 0 Å². The Labute approximate surface area is 180 Å². The van der Waals surface area contributed by atoms with Crippen molar-refractivity contribution in [2.75, 3.05) is 40.8 Å². The van der Waals surface area contributed by atoms with Gasteiger partial charge in [-0.15, -0.1) is 24.0 Å². The Morgan fingerprint density at radius 3 is 2.56 bits per heavy atom. The molecule has 0 radical (unpaired) electrons. The number of aliphatic imine (C=N–C) groups is 1. The fourth-order valence-electron chi connectivity index (χ4n) is 3.30. The highest BCUT2D eigenvalue weighted by atomic mass is 127. The van der Waals surface area contributed by atoms with E-state index in [0.29, 0.717) is 6.42 Å². The largest absolute Gasteiger partial charge is 0.354 e. The van der Waals surface area contributed by atoms with Crippen molar-refractivity contribution in [1.29, 1.82) is 0 Å². The maximum atomic E-state index is 11.8. The molecule has 0 saturated carbocycles. The van der Waals surface area contributed by atoms with Gasteiger partial charge >= 0.3 is 0 Å². The minimum absolute atomic E-state index is 0. The Kier molecular flexibility index (Phi) is 10.1. The number of guanidine groups is 1. The van der Waals surface area contributed by atoms with Crippen molar-refractivity contribution in [2.45, 2.75) is 38.8 Å². The van der Waals surface area contributed by atoms with E-state index in [1.807, 2.05) is 11.8 Å². The van der Waals surface area contributed by atoms with Gasteiger partial charge in [-0.05, 0) is 33.0 Å². The third-order valence-electron chi connectivity index (χ3n) is 4.96. The first-order chi connectivity index (χ1) is 12.4. The van der Waals surface area contributed by atoms with Crippen LogP contribution in [-0.2, 0) is 4.79 Å². The molecule has 1 amide bonds. The fourth-order valence-corrected chi connectivity index (χ4v) is 3.30. The zero-order valence-electron chi connectivity index (χ0n) is 17.2. The summed E-state index contributed by atoms with van der Waals surface area (Å²) in [5.41, 5.74) is 2.55. The SMILES string of the molecule is CCC(=O)N1CCC(NC(=NC)NCC(c2ccc(C)cc2)N(C)C)C1.I. The minimum atomic E-state index is 0. The molecule has 2 N–H and O–H groups in total. The number of likely N-dealkylation sites (tertiary alicyclic amines) is 1. The first-order valence-electron chi connectivity index (χ1n) is 9.42. The van der Waals surface area contributed by atoms with E-state index >= 15 is 0 Å². The first-order valence-corrected chi connectivity index (χ1v) is 9.42. The van der Waals surface area contributed by atoms with Gasteiger partial charge in [-0.1, -0.05) is 36.8 Å². The van der Waals surface area contributed by atoms with Crippen LogP contribution >= 0.6 is 24.0 Å². The Morgan fingerprint density at radius 1 is 1.33 bits per heavy atom. The molecular weight excluding hydrogens is 453 g/mol. The number of benzene rings is 1. The molecule has 1 heterocycles. The Hall–Kier alpha value is -1.35.